The molecule has 0 aliphatic carbocycles. The molecule has 11 heteroatoms. The number of benzene rings is 2. The first-order valence-corrected chi connectivity index (χ1v) is 11.6. The summed E-state index contributed by atoms with van der Waals surface area (Å²) in [4.78, 5) is 26.5. The summed E-state index contributed by atoms with van der Waals surface area (Å²) < 4.78 is 47.0. The maximum absolute atomic E-state index is 13.5. The Morgan fingerprint density at radius 3 is 2.53 bits per heavy atom. The number of hydrogen-bond acceptors (Lipinski definition) is 7. The van der Waals surface area contributed by atoms with Gasteiger partial charge in [0.2, 0.25) is 5.95 Å². The summed E-state index contributed by atoms with van der Waals surface area (Å²) in [7, 11) is 4.54. The molecule has 0 saturated heterocycles. The third kappa shape index (κ3) is 4.25. The number of methoxy groups -OCH3 is 1. The van der Waals surface area contributed by atoms with E-state index >= 15 is 0 Å². The zero-order valence-corrected chi connectivity index (χ0v) is 20.9. The number of anilines is 3. The SMILES string of the molecule is CNc1ncc2cc(-c3c(C)ccc4c(Nc5ccc(OC)c(C(F)(F)F)c5)nccc34)c(=O)n(C)c2n1. The van der Waals surface area contributed by atoms with Crippen LogP contribution in [0.25, 0.3) is 32.9 Å². The second-order valence-electron chi connectivity index (χ2n) is 8.69. The van der Waals surface area contributed by atoms with Crippen LogP contribution in [0, 0.1) is 6.92 Å². The van der Waals surface area contributed by atoms with Crippen molar-refractivity contribution in [3.05, 3.63) is 76.3 Å². The van der Waals surface area contributed by atoms with E-state index in [4.69, 9.17) is 4.74 Å². The summed E-state index contributed by atoms with van der Waals surface area (Å²) in [6.45, 7) is 1.89. The van der Waals surface area contributed by atoms with Crippen molar-refractivity contribution in [2.24, 2.45) is 7.05 Å². The van der Waals surface area contributed by atoms with Crippen LogP contribution in [0.1, 0.15) is 11.1 Å². The number of ether oxygens (including phenoxy) is 1. The summed E-state index contributed by atoms with van der Waals surface area (Å²) >= 11 is 0. The lowest BCUT2D eigenvalue weighted by molar-refractivity contribution is -0.138. The van der Waals surface area contributed by atoms with Crippen molar-refractivity contribution in [2.45, 2.75) is 13.1 Å². The predicted octanol–water partition coefficient (Wildman–Crippen LogP) is 5.66. The van der Waals surface area contributed by atoms with Crippen LogP contribution in [-0.2, 0) is 13.2 Å². The van der Waals surface area contributed by atoms with Crippen molar-refractivity contribution in [3.8, 4) is 16.9 Å². The Morgan fingerprint density at radius 1 is 1.03 bits per heavy atom. The Hall–Kier alpha value is -4.67. The molecule has 3 aromatic heterocycles. The monoisotopic (exact) mass is 520 g/mol. The molecule has 0 saturated carbocycles. The van der Waals surface area contributed by atoms with Crippen molar-refractivity contribution >= 4 is 39.3 Å². The predicted molar refractivity (Wildman–Crippen MR) is 141 cm³/mol. The molecule has 0 radical (unpaired) electrons. The number of nitrogens with zero attached hydrogens (tertiary/aromatic N) is 4. The highest BCUT2D eigenvalue weighted by molar-refractivity contribution is 6.04. The number of fused-ring (bicyclic) bond motifs is 2. The van der Waals surface area contributed by atoms with Crippen LogP contribution in [0.4, 0.5) is 30.6 Å². The lowest BCUT2D eigenvalue weighted by Crippen LogP contribution is -2.20. The van der Waals surface area contributed by atoms with E-state index in [0.717, 1.165) is 17.0 Å². The first-order valence-electron chi connectivity index (χ1n) is 11.6. The van der Waals surface area contributed by atoms with E-state index in [2.05, 4.69) is 25.6 Å². The van der Waals surface area contributed by atoms with Gasteiger partial charge < -0.3 is 15.4 Å². The Bertz CT molecular complexity index is 1770. The van der Waals surface area contributed by atoms with Crippen LogP contribution in [0.2, 0.25) is 0 Å². The molecule has 2 N–H and O–H groups in total. The van der Waals surface area contributed by atoms with Gasteiger partial charge in [0.05, 0.1) is 12.7 Å². The van der Waals surface area contributed by atoms with E-state index in [1.165, 1.54) is 23.8 Å². The maximum atomic E-state index is 13.5. The van der Waals surface area contributed by atoms with Gasteiger partial charge in [-0.25, -0.2) is 9.97 Å². The van der Waals surface area contributed by atoms with Crippen LogP contribution in [0.3, 0.4) is 0 Å². The fourth-order valence-corrected chi connectivity index (χ4v) is 4.51. The average molecular weight is 521 g/mol. The minimum atomic E-state index is -4.59. The summed E-state index contributed by atoms with van der Waals surface area (Å²) in [5, 5.41) is 7.91. The molecule has 0 bridgehead atoms. The third-order valence-corrected chi connectivity index (χ3v) is 6.36. The molecule has 0 fully saturated rings. The first-order chi connectivity index (χ1) is 18.1. The molecule has 0 amide bonds. The first kappa shape index (κ1) is 25.0. The van der Waals surface area contributed by atoms with Gasteiger partial charge in [-0.15, -0.1) is 0 Å². The number of rotatable bonds is 5. The normalized spacial score (nSPS) is 11.7. The van der Waals surface area contributed by atoms with Gasteiger partial charge in [-0.3, -0.25) is 9.36 Å². The molecule has 0 unspecified atom stereocenters. The van der Waals surface area contributed by atoms with E-state index in [9.17, 15) is 18.0 Å². The van der Waals surface area contributed by atoms with Crippen LogP contribution < -0.4 is 20.9 Å². The van der Waals surface area contributed by atoms with Crippen molar-refractivity contribution in [3.63, 3.8) is 0 Å². The lowest BCUT2D eigenvalue weighted by atomic mass is 9.94. The van der Waals surface area contributed by atoms with Gasteiger partial charge in [0.15, 0.2) is 0 Å². The minimum Gasteiger partial charge on any atom is -0.496 e. The highest BCUT2D eigenvalue weighted by atomic mass is 19.4. The summed E-state index contributed by atoms with van der Waals surface area (Å²) in [6.07, 6.45) is -1.39. The van der Waals surface area contributed by atoms with E-state index in [1.54, 1.807) is 38.6 Å². The zero-order chi connectivity index (χ0) is 27.2. The molecule has 8 nitrogen and oxygen atoms in total. The molecular formula is C27H23F3N6O2. The van der Waals surface area contributed by atoms with E-state index in [0.29, 0.717) is 39.3 Å². The standard InChI is InChI=1S/C27H23F3N6O2/c1-14-5-7-18-17(22(14)19-11-15-13-33-26(31-2)35-24(15)36(3)25(19)37)9-10-32-23(18)34-16-6-8-21(38-4)20(12-16)27(28,29)30/h5-13H,1-4H3,(H,32,34)(H,31,33,35). The van der Waals surface area contributed by atoms with Gasteiger partial charge >= 0.3 is 6.18 Å². The van der Waals surface area contributed by atoms with Crippen LogP contribution >= 0.6 is 0 Å². The van der Waals surface area contributed by atoms with Crippen molar-refractivity contribution in [1.29, 1.82) is 0 Å². The second-order valence-corrected chi connectivity index (χ2v) is 8.69. The molecule has 5 aromatic rings. The van der Waals surface area contributed by atoms with Crippen molar-refractivity contribution < 1.29 is 17.9 Å². The van der Waals surface area contributed by atoms with Crippen LogP contribution in [0.15, 0.2) is 59.7 Å². The van der Waals surface area contributed by atoms with Gasteiger partial charge in [0.25, 0.3) is 5.56 Å². The molecule has 0 aliphatic heterocycles. The van der Waals surface area contributed by atoms with Gasteiger partial charge in [-0.05, 0) is 53.8 Å². The molecule has 5 rings (SSSR count). The lowest BCUT2D eigenvalue weighted by Gasteiger charge is -2.17. The largest absolute Gasteiger partial charge is 0.496 e. The van der Waals surface area contributed by atoms with Crippen molar-refractivity contribution in [1.82, 2.24) is 19.5 Å². The zero-order valence-electron chi connectivity index (χ0n) is 20.9. The number of halogens is 3. The number of pyridine rings is 2. The molecule has 0 spiro atoms. The Kier molecular flexibility index (Phi) is 6.14. The maximum Gasteiger partial charge on any atom is 0.420 e. The Balaban J connectivity index is 1.67. The fraction of sp³-hybridized carbons (Fsp3) is 0.185. The van der Waals surface area contributed by atoms with Gasteiger partial charge in [0, 0.05) is 48.5 Å². The smallest absolute Gasteiger partial charge is 0.420 e. The molecule has 194 valence electrons. The molecule has 0 atom stereocenters. The third-order valence-electron chi connectivity index (χ3n) is 6.36. The number of nitrogens with one attached hydrogen (secondary N) is 2. The van der Waals surface area contributed by atoms with Gasteiger partial charge in [-0.1, -0.05) is 12.1 Å². The molecule has 2 aromatic carbocycles. The number of aryl methyl sites for hydroxylation is 2. The Labute approximate surface area is 215 Å². The van der Waals surface area contributed by atoms with E-state index < -0.39 is 11.7 Å². The molecular weight excluding hydrogens is 497 g/mol. The average Bonchev–Trinajstić information content (AvgIpc) is 2.90. The molecule has 38 heavy (non-hydrogen) atoms. The second kappa shape index (κ2) is 9.33. The van der Waals surface area contributed by atoms with Crippen LogP contribution in [0.5, 0.6) is 5.75 Å². The van der Waals surface area contributed by atoms with E-state index in [1.807, 2.05) is 19.1 Å². The summed E-state index contributed by atoms with van der Waals surface area (Å²) in [6, 6.07) is 10.9. The summed E-state index contributed by atoms with van der Waals surface area (Å²) in [5.41, 5.74) is 1.53. The molecule has 0 aliphatic rings. The summed E-state index contributed by atoms with van der Waals surface area (Å²) in [5.74, 6) is 0.474. The van der Waals surface area contributed by atoms with Crippen LogP contribution in [-0.4, -0.2) is 33.7 Å². The topological polar surface area (TPSA) is 94.0 Å². The number of aromatic nitrogens is 4. The minimum absolute atomic E-state index is 0.194. The number of hydrogen-bond donors (Lipinski definition) is 2. The fourth-order valence-electron chi connectivity index (χ4n) is 4.51. The van der Waals surface area contributed by atoms with Gasteiger partial charge in [0.1, 0.15) is 17.2 Å². The van der Waals surface area contributed by atoms with E-state index in [-0.39, 0.29) is 17.0 Å². The highest BCUT2D eigenvalue weighted by Gasteiger charge is 2.34. The quantitative estimate of drug-likeness (QED) is 0.309. The van der Waals surface area contributed by atoms with Gasteiger partial charge in [-0.2, -0.15) is 18.2 Å². The highest BCUT2D eigenvalue weighted by Crippen LogP contribution is 2.39. The molecule has 3 heterocycles. The van der Waals surface area contributed by atoms with Crippen molar-refractivity contribution in [2.75, 3.05) is 24.8 Å². The number of alkyl halides is 3. The Morgan fingerprint density at radius 2 is 1.82 bits per heavy atom.